The number of benzene rings is 1. The van der Waals surface area contributed by atoms with Gasteiger partial charge < -0.3 is 5.32 Å². The highest BCUT2D eigenvalue weighted by atomic mass is 32.2. The number of thioether (sulfide) groups is 1. The topological polar surface area (TPSA) is 58.2 Å². The van der Waals surface area contributed by atoms with E-state index < -0.39 is 10.0 Å². The third-order valence-electron chi connectivity index (χ3n) is 3.52. The number of nitrogens with one attached hydrogen (secondary N) is 2. The normalized spacial score (nSPS) is 22.7. The second-order valence-corrected chi connectivity index (χ2v) is 9.45. The maximum absolute atomic E-state index is 12.0. The summed E-state index contributed by atoms with van der Waals surface area (Å²) in [6, 6.07) is 6.86. The van der Waals surface area contributed by atoms with Gasteiger partial charge in [-0.1, -0.05) is 0 Å². The van der Waals surface area contributed by atoms with E-state index in [1.807, 2.05) is 37.7 Å². The Morgan fingerprint density at radius 2 is 1.95 bits per heavy atom. The number of sulfonamides is 1. The Balaban J connectivity index is 1.99. The van der Waals surface area contributed by atoms with Gasteiger partial charge in [-0.3, -0.25) is 0 Å². The SMILES string of the molecule is CC(C)NS(=O)(=O)c1ccc(NCC2(C)CCCS2)cc1. The van der Waals surface area contributed by atoms with Gasteiger partial charge in [0.2, 0.25) is 10.0 Å². The third-order valence-corrected chi connectivity index (χ3v) is 6.74. The predicted octanol–water partition coefficient (Wildman–Crippen LogP) is 3.07. The van der Waals surface area contributed by atoms with Crippen molar-refractivity contribution in [2.45, 2.75) is 49.3 Å². The minimum absolute atomic E-state index is 0.104. The first-order valence-corrected chi connectivity index (χ1v) is 9.78. The summed E-state index contributed by atoms with van der Waals surface area (Å²) in [4.78, 5) is 0.309. The molecule has 1 fully saturated rings. The van der Waals surface area contributed by atoms with Crippen molar-refractivity contribution in [2.24, 2.45) is 0 Å². The summed E-state index contributed by atoms with van der Waals surface area (Å²) in [6.07, 6.45) is 2.51. The number of rotatable bonds is 6. The van der Waals surface area contributed by atoms with Gasteiger partial charge in [0.1, 0.15) is 0 Å². The van der Waals surface area contributed by atoms with Crippen LogP contribution in [0.5, 0.6) is 0 Å². The molecule has 0 spiro atoms. The lowest BCUT2D eigenvalue weighted by molar-refractivity contribution is 0.570. The zero-order valence-electron chi connectivity index (χ0n) is 12.8. The van der Waals surface area contributed by atoms with Gasteiger partial charge in [-0.05, 0) is 63.6 Å². The number of hydrogen-bond donors (Lipinski definition) is 2. The fourth-order valence-electron chi connectivity index (χ4n) is 2.40. The molecule has 2 N–H and O–H groups in total. The summed E-state index contributed by atoms with van der Waals surface area (Å²) in [5.41, 5.74) is 0.965. The lowest BCUT2D eigenvalue weighted by Gasteiger charge is -2.23. The Bertz CT molecular complexity index is 562. The first kappa shape index (κ1) is 16.6. The molecular formula is C15H24N2O2S2. The summed E-state index contributed by atoms with van der Waals surface area (Å²) in [7, 11) is -3.40. The Kier molecular flexibility index (Phi) is 5.22. The van der Waals surface area contributed by atoms with E-state index in [1.165, 1.54) is 18.6 Å². The molecule has 4 nitrogen and oxygen atoms in total. The Labute approximate surface area is 132 Å². The molecule has 1 aromatic carbocycles. The smallest absolute Gasteiger partial charge is 0.240 e. The standard InChI is InChI=1S/C15H24N2O2S2/c1-12(2)17-21(18,19)14-7-5-13(6-8-14)16-11-15(3)9-4-10-20-15/h5-8,12,16-17H,4,9-11H2,1-3H3. The van der Waals surface area contributed by atoms with Crippen LogP contribution in [0.25, 0.3) is 0 Å². The molecule has 118 valence electrons. The maximum atomic E-state index is 12.0. The van der Waals surface area contributed by atoms with E-state index in [-0.39, 0.29) is 6.04 Å². The highest BCUT2D eigenvalue weighted by Gasteiger charge is 2.29. The van der Waals surface area contributed by atoms with Crippen LogP contribution in [0.4, 0.5) is 5.69 Å². The fourth-order valence-corrected chi connectivity index (χ4v) is 4.89. The zero-order valence-corrected chi connectivity index (χ0v) is 14.5. The van der Waals surface area contributed by atoms with Gasteiger partial charge in [0.25, 0.3) is 0 Å². The fraction of sp³-hybridized carbons (Fsp3) is 0.600. The van der Waals surface area contributed by atoms with E-state index in [2.05, 4.69) is 17.0 Å². The first-order valence-electron chi connectivity index (χ1n) is 7.31. The second-order valence-electron chi connectivity index (χ2n) is 6.06. The average Bonchev–Trinajstić information content (AvgIpc) is 2.83. The van der Waals surface area contributed by atoms with Crippen LogP contribution in [0.15, 0.2) is 29.2 Å². The summed E-state index contributed by atoms with van der Waals surface area (Å²) < 4.78 is 27.0. The lowest BCUT2D eigenvalue weighted by Crippen LogP contribution is -2.30. The minimum atomic E-state index is -3.40. The van der Waals surface area contributed by atoms with Gasteiger partial charge in [-0.2, -0.15) is 11.8 Å². The summed E-state index contributed by atoms with van der Waals surface area (Å²) in [6.45, 7) is 6.82. The van der Waals surface area contributed by atoms with Crippen LogP contribution in [0, 0.1) is 0 Å². The zero-order chi connectivity index (χ0) is 15.5. The largest absolute Gasteiger partial charge is 0.384 e. The number of anilines is 1. The van der Waals surface area contributed by atoms with Gasteiger partial charge in [0.15, 0.2) is 0 Å². The second kappa shape index (κ2) is 6.58. The molecule has 1 heterocycles. The molecule has 1 aliphatic rings. The molecule has 0 radical (unpaired) electrons. The van der Waals surface area contributed by atoms with Crippen molar-refractivity contribution in [3.63, 3.8) is 0 Å². The van der Waals surface area contributed by atoms with Crippen LogP contribution >= 0.6 is 11.8 Å². The van der Waals surface area contributed by atoms with Crippen LogP contribution in [-0.4, -0.2) is 31.5 Å². The Morgan fingerprint density at radius 3 is 2.48 bits per heavy atom. The van der Waals surface area contributed by atoms with Crippen LogP contribution in [-0.2, 0) is 10.0 Å². The highest BCUT2D eigenvalue weighted by molar-refractivity contribution is 8.00. The van der Waals surface area contributed by atoms with Gasteiger partial charge in [0.05, 0.1) is 4.90 Å². The van der Waals surface area contributed by atoms with Crippen molar-refractivity contribution in [3.05, 3.63) is 24.3 Å². The monoisotopic (exact) mass is 328 g/mol. The summed E-state index contributed by atoms with van der Waals surface area (Å²) in [5.74, 6) is 1.23. The van der Waals surface area contributed by atoms with E-state index in [0.717, 1.165) is 12.2 Å². The van der Waals surface area contributed by atoms with Crippen molar-refractivity contribution < 1.29 is 8.42 Å². The maximum Gasteiger partial charge on any atom is 0.240 e. The van der Waals surface area contributed by atoms with Crippen LogP contribution in [0.2, 0.25) is 0 Å². The molecule has 1 atom stereocenters. The predicted molar refractivity (Wildman–Crippen MR) is 90.5 cm³/mol. The Hall–Kier alpha value is -0.720. The molecule has 1 saturated heterocycles. The molecule has 1 unspecified atom stereocenters. The molecule has 21 heavy (non-hydrogen) atoms. The summed E-state index contributed by atoms with van der Waals surface area (Å²) >= 11 is 2.01. The number of hydrogen-bond acceptors (Lipinski definition) is 4. The molecule has 0 bridgehead atoms. The van der Waals surface area contributed by atoms with Gasteiger partial charge in [-0.15, -0.1) is 0 Å². The average molecular weight is 329 g/mol. The lowest BCUT2D eigenvalue weighted by atomic mass is 10.1. The van der Waals surface area contributed by atoms with Crippen LogP contribution in [0.3, 0.4) is 0 Å². The van der Waals surface area contributed by atoms with E-state index in [4.69, 9.17) is 0 Å². The van der Waals surface area contributed by atoms with Crippen molar-refractivity contribution in [2.75, 3.05) is 17.6 Å². The molecule has 0 amide bonds. The van der Waals surface area contributed by atoms with Gasteiger partial charge in [-0.25, -0.2) is 13.1 Å². The minimum Gasteiger partial charge on any atom is -0.384 e. The van der Waals surface area contributed by atoms with Crippen LogP contribution in [0.1, 0.15) is 33.6 Å². The van der Waals surface area contributed by atoms with Crippen molar-refractivity contribution in [3.8, 4) is 0 Å². The Morgan fingerprint density at radius 1 is 1.29 bits per heavy atom. The molecular weight excluding hydrogens is 304 g/mol. The molecule has 2 rings (SSSR count). The molecule has 6 heteroatoms. The molecule has 0 aromatic heterocycles. The van der Waals surface area contributed by atoms with Crippen molar-refractivity contribution in [1.82, 2.24) is 4.72 Å². The molecule has 1 aromatic rings. The highest BCUT2D eigenvalue weighted by Crippen LogP contribution is 2.37. The van der Waals surface area contributed by atoms with Crippen molar-refractivity contribution in [1.29, 1.82) is 0 Å². The van der Waals surface area contributed by atoms with Crippen LogP contribution < -0.4 is 10.0 Å². The van der Waals surface area contributed by atoms with E-state index >= 15 is 0 Å². The molecule has 0 saturated carbocycles. The quantitative estimate of drug-likeness (QED) is 0.842. The molecule has 1 aliphatic heterocycles. The van der Waals surface area contributed by atoms with E-state index in [9.17, 15) is 8.42 Å². The van der Waals surface area contributed by atoms with Gasteiger partial charge in [0, 0.05) is 23.0 Å². The third kappa shape index (κ3) is 4.63. The summed E-state index contributed by atoms with van der Waals surface area (Å²) in [5, 5.41) is 3.41. The van der Waals surface area contributed by atoms with E-state index in [0.29, 0.717) is 9.64 Å². The first-order chi connectivity index (χ1) is 9.81. The van der Waals surface area contributed by atoms with Crippen molar-refractivity contribution >= 4 is 27.5 Å². The van der Waals surface area contributed by atoms with Gasteiger partial charge >= 0.3 is 0 Å². The molecule has 0 aliphatic carbocycles. The van der Waals surface area contributed by atoms with E-state index in [1.54, 1.807) is 12.1 Å².